The van der Waals surface area contributed by atoms with Crippen LogP contribution in [-0.2, 0) is 4.79 Å². The van der Waals surface area contributed by atoms with Crippen molar-refractivity contribution >= 4 is 17.2 Å². The van der Waals surface area contributed by atoms with Gasteiger partial charge in [0.15, 0.2) is 0 Å². The van der Waals surface area contributed by atoms with Crippen LogP contribution < -0.4 is 4.74 Å². The number of hydrogen-bond acceptors (Lipinski definition) is 4. The first-order chi connectivity index (χ1) is 10.1. The Hall–Kier alpha value is -2.49. The van der Waals surface area contributed by atoms with Crippen LogP contribution >= 0.6 is 0 Å². The first-order valence-corrected chi connectivity index (χ1v) is 6.84. The van der Waals surface area contributed by atoms with Crippen molar-refractivity contribution in [3.8, 4) is 5.75 Å². The topological polar surface area (TPSA) is 51.0 Å². The average molecular weight is 282 g/mol. The number of carbonyl (C=O) groups is 1. The normalized spacial score (nSPS) is 10.8. The highest BCUT2D eigenvalue weighted by Gasteiger charge is 1.97. The highest BCUT2D eigenvalue weighted by atomic mass is 16.5. The van der Waals surface area contributed by atoms with Crippen LogP contribution in [0.25, 0.3) is 0 Å². The Bertz CT molecular complexity index is 616. The van der Waals surface area contributed by atoms with E-state index in [1.54, 1.807) is 6.92 Å². The zero-order chi connectivity index (χ0) is 15.1. The van der Waals surface area contributed by atoms with Crippen LogP contribution in [0.1, 0.15) is 18.9 Å². The fraction of sp³-hybridized carbons (Fsp3) is 0.235. The van der Waals surface area contributed by atoms with Gasteiger partial charge in [-0.2, -0.15) is 10.2 Å². The second-order valence-electron chi connectivity index (χ2n) is 4.83. The molecule has 0 aliphatic carbocycles. The Morgan fingerprint density at radius 2 is 1.48 bits per heavy atom. The quantitative estimate of drug-likeness (QED) is 0.717. The van der Waals surface area contributed by atoms with E-state index < -0.39 is 0 Å². The molecule has 0 bridgehead atoms. The van der Waals surface area contributed by atoms with Gasteiger partial charge >= 0.3 is 0 Å². The van der Waals surface area contributed by atoms with Crippen LogP contribution in [0.2, 0.25) is 0 Å². The Morgan fingerprint density at radius 3 is 2.00 bits per heavy atom. The number of hydrogen-bond donors (Lipinski definition) is 0. The first kappa shape index (κ1) is 14.9. The van der Waals surface area contributed by atoms with Crippen LogP contribution in [0.4, 0.5) is 11.4 Å². The summed E-state index contributed by atoms with van der Waals surface area (Å²) >= 11 is 0. The standard InChI is InChI=1S/C17H18N2O2/c1-13-3-5-15(6-4-13)18-19-16-7-9-17(10-8-16)21-12-11-14(2)20/h3-10H,11-12H2,1-2H3. The molecular formula is C17H18N2O2. The molecule has 4 nitrogen and oxygen atoms in total. The van der Waals surface area contributed by atoms with Crippen molar-refractivity contribution in [1.82, 2.24) is 0 Å². The van der Waals surface area contributed by atoms with Crippen LogP contribution in [0.5, 0.6) is 5.75 Å². The summed E-state index contributed by atoms with van der Waals surface area (Å²) in [5.74, 6) is 0.851. The molecule has 0 heterocycles. The smallest absolute Gasteiger partial charge is 0.133 e. The molecule has 0 fully saturated rings. The molecule has 0 radical (unpaired) electrons. The lowest BCUT2D eigenvalue weighted by Gasteiger charge is -2.04. The number of nitrogens with zero attached hydrogens (tertiary/aromatic N) is 2. The van der Waals surface area contributed by atoms with E-state index in [1.165, 1.54) is 5.56 Å². The van der Waals surface area contributed by atoms with E-state index in [9.17, 15) is 4.79 Å². The largest absolute Gasteiger partial charge is 0.493 e. The molecule has 0 unspecified atom stereocenters. The van der Waals surface area contributed by atoms with Crippen molar-refractivity contribution in [2.75, 3.05) is 6.61 Å². The number of azo groups is 1. The minimum absolute atomic E-state index is 0.124. The van der Waals surface area contributed by atoms with Gasteiger partial charge in [-0.05, 0) is 50.2 Å². The van der Waals surface area contributed by atoms with E-state index in [1.807, 2.05) is 55.5 Å². The van der Waals surface area contributed by atoms with Crippen molar-refractivity contribution in [2.45, 2.75) is 20.3 Å². The van der Waals surface area contributed by atoms with Gasteiger partial charge in [0.1, 0.15) is 11.5 Å². The molecule has 0 N–H and O–H groups in total. The van der Waals surface area contributed by atoms with Gasteiger partial charge in [-0.15, -0.1) is 0 Å². The summed E-state index contributed by atoms with van der Waals surface area (Å²) < 4.78 is 5.45. The van der Waals surface area contributed by atoms with Crippen LogP contribution in [0, 0.1) is 6.92 Å². The second-order valence-corrected chi connectivity index (χ2v) is 4.83. The van der Waals surface area contributed by atoms with Gasteiger partial charge in [0.05, 0.1) is 18.0 Å². The fourth-order valence-electron chi connectivity index (χ4n) is 1.65. The van der Waals surface area contributed by atoms with E-state index in [4.69, 9.17) is 4.74 Å². The number of carbonyl (C=O) groups excluding carboxylic acids is 1. The van der Waals surface area contributed by atoms with Crippen molar-refractivity contribution in [3.05, 3.63) is 54.1 Å². The number of ether oxygens (including phenoxy) is 1. The lowest BCUT2D eigenvalue weighted by Crippen LogP contribution is -2.02. The Kier molecular flexibility index (Phi) is 5.21. The van der Waals surface area contributed by atoms with Gasteiger partial charge < -0.3 is 4.74 Å². The number of aryl methyl sites for hydroxylation is 1. The Labute approximate surface area is 124 Å². The molecule has 0 saturated heterocycles. The molecule has 0 aromatic heterocycles. The van der Waals surface area contributed by atoms with Crippen LogP contribution in [-0.4, -0.2) is 12.4 Å². The molecular weight excluding hydrogens is 264 g/mol. The van der Waals surface area contributed by atoms with Gasteiger partial charge in [-0.25, -0.2) is 0 Å². The van der Waals surface area contributed by atoms with Crippen molar-refractivity contribution in [2.24, 2.45) is 10.2 Å². The number of Topliss-reactive ketones (excluding diaryl/α,β-unsaturated/α-hetero) is 1. The maximum absolute atomic E-state index is 10.8. The molecule has 4 heteroatoms. The van der Waals surface area contributed by atoms with Gasteiger partial charge in [-0.1, -0.05) is 17.7 Å². The molecule has 0 aliphatic heterocycles. The molecule has 0 atom stereocenters. The van der Waals surface area contributed by atoms with Gasteiger partial charge in [-0.3, -0.25) is 4.79 Å². The summed E-state index contributed by atoms with van der Waals surface area (Å²) in [5, 5.41) is 8.34. The SMILES string of the molecule is CC(=O)CCOc1ccc(N=Nc2ccc(C)cc2)cc1. The minimum Gasteiger partial charge on any atom is -0.493 e. The number of rotatable bonds is 6. The van der Waals surface area contributed by atoms with E-state index in [-0.39, 0.29) is 5.78 Å². The lowest BCUT2D eigenvalue weighted by atomic mass is 10.2. The summed E-state index contributed by atoms with van der Waals surface area (Å²) in [4.78, 5) is 10.8. The Balaban J connectivity index is 1.92. The third kappa shape index (κ3) is 5.18. The number of benzene rings is 2. The van der Waals surface area contributed by atoms with Crippen molar-refractivity contribution < 1.29 is 9.53 Å². The zero-order valence-corrected chi connectivity index (χ0v) is 12.2. The predicted octanol–water partition coefficient (Wildman–Crippen LogP) is 4.77. The van der Waals surface area contributed by atoms with Crippen molar-refractivity contribution in [1.29, 1.82) is 0 Å². The summed E-state index contributed by atoms with van der Waals surface area (Å²) in [6.45, 7) is 3.99. The monoisotopic (exact) mass is 282 g/mol. The van der Waals surface area contributed by atoms with E-state index >= 15 is 0 Å². The number of ketones is 1. The zero-order valence-electron chi connectivity index (χ0n) is 12.2. The van der Waals surface area contributed by atoms with Crippen LogP contribution in [0.15, 0.2) is 58.8 Å². The van der Waals surface area contributed by atoms with Crippen LogP contribution in [0.3, 0.4) is 0 Å². The maximum Gasteiger partial charge on any atom is 0.133 e. The van der Waals surface area contributed by atoms with E-state index in [2.05, 4.69) is 10.2 Å². The van der Waals surface area contributed by atoms with Gasteiger partial charge in [0, 0.05) is 6.42 Å². The minimum atomic E-state index is 0.124. The van der Waals surface area contributed by atoms with Crippen molar-refractivity contribution in [3.63, 3.8) is 0 Å². The molecule has 0 aliphatic rings. The average Bonchev–Trinajstić information content (AvgIpc) is 2.48. The van der Waals surface area contributed by atoms with E-state index in [0.717, 1.165) is 17.1 Å². The molecule has 0 saturated carbocycles. The predicted molar refractivity (Wildman–Crippen MR) is 82.6 cm³/mol. The molecule has 0 spiro atoms. The third-order valence-corrected chi connectivity index (χ3v) is 2.87. The maximum atomic E-state index is 10.8. The summed E-state index contributed by atoms with van der Waals surface area (Å²) in [7, 11) is 0. The second kappa shape index (κ2) is 7.33. The summed E-state index contributed by atoms with van der Waals surface area (Å²) in [5.41, 5.74) is 2.78. The molecule has 2 aromatic carbocycles. The highest BCUT2D eigenvalue weighted by Crippen LogP contribution is 2.21. The summed E-state index contributed by atoms with van der Waals surface area (Å²) in [6, 6.07) is 15.2. The highest BCUT2D eigenvalue weighted by molar-refractivity contribution is 5.75. The molecule has 2 rings (SSSR count). The molecule has 21 heavy (non-hydrogen) atoms. The van der Waals surface area contributed by atoms with Gasteiger partial charge in [0.25, 0.3) is 0 Å². The summed E-state index contributed by atoms with van der Waals surface area (Å²) in [6.07, 6.45) is 0.425. The fourth-order valence-corrected chi connectivity index (χ4v) is 1.65. The molecule has 0 amide bonds. The Morgan fingerprint density at radius 1 is 0.952 bits per heavy atom. The van der Waals surface area contributed by atoms with Gasteiger partial charge in [0.2, 0.25) is 0 Å². The van der Waals surface area contributed by atoms with E-state index in [0.29, 0.717) is 13.0 Å². The lowest BCUT2D eigenvalue weighted by molar-refractivity contribution is -0.117. The molecule has 108 valence electrons. The first-order valence-electron chi connectivity index (χ1n) is 6.84. The third-order valence-electron chi connectivity index (χ3n) is 2.87. The molecule has 2 aromatic rings.